The normalized spacial score (nSPS) is 14.0. The molecule has 0 radical (unpaired) electrons. The fraction of sp³-hybridized carbons (Fsp3) is 0.600. The second-order valence-electron chi connectivity index (χ2n) is 3.86. The van der Waals surface area contributed by atoms with Gasteiger partial charge in [-0.1, -0.05) is 0 Å². The Labute approximate surface area is 84.0 Å². The Morgan fingerprint density at radius 3 is 2.50 bits per heavy atom. The number of aromatic nitrogens is 2. The summed E-state index contributed by atoms with van der Waals surface area (Å²) >= 11 is 0. The first kappa shape index (κ1) is 11.1. The van der Waals surface area contributed by atoms with E-state index in [0.29, 0.717) is 6.42 Å². The summed E-state index contributed by atoms with van der Waals surface area (Å²) in [6.45, 7) is 3.86. The average Bonchev–Trinajstić information content (AvgIpc) is 2.19. The van der Waals surface area contributed by atoms with Crippen molar-refractivity contribution in [3.63, 3.8) is 0 Å². The van der Waals surface area contributed by atoms with Crippen molar-refractivity contribution in [1.29, 1.82) is 0 Å². The van der Waals surface area contributed by atoms with Gasteiger partial charge in [-0.05, 0) is 13.8 Å². The van der Waals surface area contributed by atoms with E-state index in [2.05, 4.69) is 9.97 Å². The Morgan fingerprint density at radius 1 is 1.43 bits per heavy atom. The summed E-state index contributed by atoms with van der Waals surface area (Å²) in [7, 11) is 1.63. The lowest BCUT2D eigenvalue weighted by atomic mass is 9.97. The molecule has 0 saturated heterocycles. The highest BCUT2D eigenvalue weighted by molar-refractivity contribution is 5.07. The van der Waals surface area contributed by atoms with Gasteiger partial charge < -0.3 is 9.84 Å². The van der Waals surface area contributed by atoms with Gasteiger partial charge >= 0.3 is 0 Å². The van der Waals surface area contributed by atoms with Crippen LogP contribution in [0.3, 0.4) is 0 Å². The first-order valence-corrected chi connectivity index (χ1v) is 4.53. The van der Waals surface area contributed by atoms with Crippen LogP contribution in [-0.2, 0) is 4.74 Å². The highest BCUT2D eigenvalue weighted by Crippen LogP contribution is 2.24. The Bertz CT molecular complexity index is 275. The van der Waals surface area contributed by atoms with Crippen molar-refractivity contribution in [2.75, 3.05) is 7.11 Å². The number of rotatable bonds is 4. The van der Waals surface area contributed by atoms with Gasteiger partial charge in [0.25, 0.3) is 0 Å². The summed E-state index contributed by atoms with van der Waals surface area (Å²) in [4.78, 5) is 7.70. The van der Waals surface area contributed by atoms with Crippen LogP contribution < -0.4 is 0 Å². The molecule has 1 unspecified atom stereocenters. The van der Waals surface area contributed by atoms with Gasteiger partial charge in [-0.2, -0.15) is 0 Å². The highest BCUT2D eigenvalue weighted by atomic mass is 16.5. The van der Waals surface area contributed by atoms with Gasteiger partial charge in [-0.25, -0.2) is 9.97 Å². The summed E-state index contributed by atoms with van der Waals surface area (Å²) in [5.74, 6) is 0. The number of hydrogen-bond acceptors (Lipinski definition) is 4. The summed E-state index contributed by atoms with van der Waals surface area (Å²) in [6.07, 6.45) is 4.62. The lowest BCUT2D eigenvalue weighted by Gasteiger charge is -2.25. The van der Waals surface area contributed by atoms with Crippen LogP contribution in [0, 0.1) is 0 Å². The maximum atomic E-state index is 9.83. The van der Waals surface area contributed by atoms with Crippen LogP contribution in [-0.4, -0.2) is 27.8 Å². The SMILES string of the molecule is COC(C)(C)CC(O)c1cncnc1. The molecular weight excluding hydrogens is 180 g/mol. The Hall–Kier alpha value is -1.00. The Morgan fingerprint density at radius 2 is 2.00 bits per heavy atom. The molecule has 1 heterocycles. The third-order valence-electron chi connectivity index (χ3n) is 2.20. The molecule has 0 aromatic carbocycles. The predicted octanol–water partition coefficient (Wildman–Crippen LogP) is 1.33. The molecule has 0 aliphatic carbocycles. The standard InChI is InChI=1S/C10H16N2O2/c1-10(2,14-3)4-9(13)8-5-11-7-12-6-8/h5-7,9,13H,4H2,1-3H3. The molecule has 0 bridgehead atoms. The van der Waals surface area contributed by atoms with E-state index >= 15 is 0 Å². The van der Waals surface area contributed by atoms with Crippen LogP contribution in [0.25, 0.3) is 0 Å². The van der Waals surface area contributed by atoms with Crippen molar-refractivity contribution in [2.45, 2.75) is 32.0 Å². The Kier molecular flexibility index (Phi) is 3.55. The van der Waals surface area contributed by atoms with E-state index in [9.17, 15) is 5.11 Å². The number of aliphatic hydroxyl groups is 1. The minimum absolute atomic E-state index is 0.338. The van der Waals surface area contributed by atoms with Crippen LogP contribution in [0.2, 0.25) is 0 Å². The molecule has 1 aromatic heterocycles. The minimum Gasteiger partial charge on any atom is -0.388 e. The zero-order chi connectivity index (χ0) is 10.6. The second-order valence-corrected chi connectivity index (χ2v) is 3.86. The van der Waals surface area contributed by atoms with Crippen molar-refractivity contribution in [2.24, 2.45) is 0 Å². The molecule has 14 heavy (non-hydrogen) atoms. The second kappa shape index (κ2) is 4.48. The molecule has 0 fully saturated rings. The van der Waals surface area contributed by atoms with Crippen molar-refractivity contribution < 1.29 is 9.84 Å². The fourth-order valence-electron chi connectivity index (χ4n) is 1.15. The van der Waals surface area contributed by atoms with E-state index in [1.165, 1.54) is 6.33 Å². The van der Waals surface area contributed by atoms with E-state index in [1.54, 1.807) is 19.5 Å². The van der Waals surface area contributed by atoms with Crippen molar-refractivity contribution in [3.8, 4) is 0 Å². The van der Waals surface area contributed by atoms with E-state index in [4.69, 9.17) is 4.74 Å². The van der Waals surface area contributed by atoms with Crippen LogP contribution in [0.5, 0.6) is 0 Å². The summed E-state index contributed by atoms with van der Waals surface area (Å²) in [5, 5.41) is 9.83. The van der Waals surface area contributed by atoms with Crippen molar-refractivity contribution in [3.05, 3.63) is 24.3 Å². The molecule has 4 heteroatoms. The van der Waals surface area contributed by atoms with E-state index in [0.717, 1.165) is 5.56 Å². The molecule has 1 atom stereocenters. The van der Waals surface area contributed by atoms with E-state index < -0.39 is 6.10 Å². The van der Waals surface area contributed by atoms with Crippen LogP contribution >= 0.6 is 0 Å². The quantitative estimate of drug-likeness (QED) is 0.789. The molecule has 78 valence electrons. The van der Waals surface area contributed by atoms with Crippen molar-refractivity contribution in [1.82, 2.24) is 9.97 Å². The lowest BCUT2D eigenvalue weighted by Crippen LogP contribution is -2.25. The molecule has 0 amide bonds. The number of methoxy groups -OCH3 is 1. The summed E-state index contributed by atoms with van der Waals surface area (Å²) < 4.78 is 5.23. The monoisotopic (exact) mass is 196 g/mol. The van der Waals surface area contributed by atoms with Gasteiger partial charge in [0.15, 0.2) is 0 Å². The number of nitrogens with zero attached hydrogens (tertiary/aromatic N) is 2. The predicted molar refractivity (Wildman–Crippen MR) is 52.7 cm³/mol. The molecule has 1 aromatic rings. The number of aliphatic hydroxyl groups excluding tert-OH is 1. The maximum Gasteiger partial charge on any atom is 0.115 e. The largest absolute Gasteiger partial charge is 0.388 e. The van der Waals surface area contributed by atoms with Gasteiger partial charge in [-0.15, -0.1) is 0 Å². The van der Waals surface area contributed by atoms with Gasteiger partial charge in [0, 0.05) is 31.5 Å². The first-order chi connectivity index (χ1) is 6.55. The van der Waals surface area contributed by atoms with Crippen LogP contribution in [0.1, 0.15) is 31.9 Å². The molecule has 1 N–H and O–H groups in total. The van der Waals surface area contributed by atoms with E-state index in [-0.39, 0.29) is 5.60 Å². The molecule has 0 aliphatic heterocycles. The van der Waals surface area contributed by atoms with Crippen molar-refractivity contribution >= 4 is 0 Å². The van der Waals surface area contributed by atoms with Gasteiger partial charge in [0.2, 0.25) is 0 Å². The fourth-order valence-corrected chi connectivity index (χ4v) is 1.15. The molecule has 0 saturated carbocycles. The zero-order valence-electron chi connectivity index (χ0n) is 8.77. The topological polar surface area (TPSA) is 55.2 Å². The van der Waals surface area contributed by atoms with Crippen LogP contribution in [0.4, 0.5) is 0 Å². The zero-order valence-corrected chi connectivity index (χ0v) is 8.77. The minimum atomic E-state index is -0.578. The van der Waals surface area contributed by atoms with Gasteiger partial charge in [-0.3, -0.25) is 0 Å². The molecule has 4 nitrogen and oxygen atoms in total. The van der Waals surface area contributed by atoms with Gasteiger partial charge in [0.05, 0.1) is 11.7 Å². The maximum absolute atomic E-state index is 9.83. The summed E-state index contributed by atoms with van der Waals surface area (Å²) in [6, 6.07) is 0. The Balaban J connectivity index is 2.64. The van der Waals surface area contributed by atoms with E-state index in [1.807, 2.05) is 13.8 Å². The molecule has 0 aliphatic rings. The third kappa shape index (κ3) is 3.05. The average molecular weight is 196 g/mol. The molecule has 1 rings (SSSR count). The third-order valence-corrected chi connectivity index (χ3v) is 2.20. The first-order valence-electron chi connectivity index (χ1n) is 4.53. The smallest absolute Gasteiger partial charge is 0.115 e. The number of ether oxygens (including phenoxy) is 1. The highest BCUT2D eigenvalue weighted by Gasteiger charge is 2.22. The lowest BCUT2D eigenvalue weighted by molar-refractivity contribution is -0.0202. The number of hydrogen-bond donors (Lipinski definition) is 1. The van der Waals surface area contributed by atoms with Crippen LogP contribution in [0.15, 0.2) is 18.7 Å². The molecular formula is C10H16N2O2. The summed E-state index contributed by atoms with van der Waals surface area (Å²) in [5.41, 5.74) is 0.382. The van der Waals surface area contributed by atoms with Gasteiger partial charge in [0.1, 0.15) is 6.33 Å². The molecule has 0 spiro atoms.